The van der Waals surface area contributed by atoms with Gasteiger partial charge in [0.15, 0.2) is 0 Å². The zero-order valence-corrected chi connectivity index (χ0v) is 11.0. The predicted octanol–water partition coefficient (Wildman–Crippen LogP) is 0.997. The van der Waals surface area contributed by atoms with Gasteiger partial charge in [0.2, 0.25) is 5.91 Å². The minimum Gasteiger partial charge on any atom is -0.396 e. The SMILES string of the molecule is CC(CO)CCCNC(=O)CCN1CCCC1. The Balaban J connectivity index is 1.93. The van der Waals surface area contributed by atoms with Crippen molar-refractivity contribution in [2.45, 2.75) is 39.0 Å². The molecule has 1 unspecified atom stereocenters. The Morgan fingerprint density at radius 1 is 1.41 bits per heavy atom. The van der Waals surface area contributed by atoms with Gasteiger partial charge in [-0.3, -0.25) is 4.79 Å². The second kappa shape index (κ2) is 8.48. The Labute approximate surface area is 104 Å². The average Bonchev–Trinajstić information content (AvgIpc) is 2.84. The van der Waals surface area contributed by atoms with Crippen LogP contribution in [0.3, 0.4) is 0 Å². The first-order valence-electron chi connectivity index (χ1n) is 6.82. The first-order valence-corrected chi connectivity index (χ1v) is 6.82. The zero-order chi connectivity index (χ0) is 12.5. The zero-order valence-electron chi connectivity index (χ0n) is 11.0. The third-order valence-electron chi connectivity index (χ3n) is 3.36. The average molecular weight is 242 g/mol. The molecular formula is C13H26N2O2. The highest BCUT2D eigenvalue weighted by Crippen LogP contribution is 2.07. The van der Waals surface area contributed by atoms with E-state index < -0.39 is 0 Å². The summed E-state index contributed by atoms with van der Waals surface area (Å²) in [5.74, 6) is 0.505. The van der Waals surface area contributed by atoms with Crippen LogP contribution in [0, 0.1) is 5.92 Å². The molecule has 1 atom stereocenters. The van der Waals surface area contributed by atoms with Gasteiger partial charge in [0.25, 0.3) is 0 Å². The van der Waals surface area contributed by atoms with Crippen LogP contribution in [-0.4, -0.2) is 48.7 Å². The molecule has 1 aliphatic heterocycles. The minimum absolute atomic E-state index is 0.161. The number of aliphatic hydroxyl groups is 1. The van der Waals surface area contributed by atoms with Crippen LogP contribution in [0.15, 0.2) is 0 Å². The fourth-order valence-electron chi connectivity index (χ4n) is 2.12. The summed E-state index contributed by atoms with van der Waals surface area (Å²) >= 11 is 0. The maximum Gasteiger partial charge on any atom is 0.221 e. The fraction of sp³-hybridized carbons (Fsp3) is 0.923. The van der Waals surface area contributed by atoms with Crippen LogP contribution in [0.4, 0.5) is 0 Å². The first-order chi connectivity index (χ1) is 8.22. The molecule has 4 heteroatoms. The summed E-state index contributed by atoms with van der Waals surface area (Å²) in [4.78, 5) is 13.9. The summed E-state index contributed by atoms with van der Waals surface area (Å²) in [5, 5.41) is 11.8. The fourth-order valence-corrected chi connectivity index (χ4v) is 2.12. The lowest BCUT2D eigenvalue weighted by Crippen LogP contribution is -2.30. The van der Waals surface area contributed by atoms with Crippen LogP contribution < -0.4 is 5.32 Å². The van der Waals surface area contributed by atoms with Crippen molar-refractivity contribution < 1.29 is 9.90 Å². The molecule has 0 aromatic carbocycles. The summed E-state index contributed by atoms with van der Waals surface area (Å²) in [7, 11) is 0. The van der Waals surface area contributed by atoms with Gasteiger partial charge in [-0.25, -0.2) is 0 Å². The van der Waals surface area contributed by atoms with Gasteiger partial charge in [-0.05, 0) is 44.7 Å². The highest BCUT2D eigenvalue weighted by Gasteiger charge is 2.12. The number of likely N-dealkylation sites (tertiary alicyclic amines) is 1. The Kier molecular flexibility index (Phi) is 7.21. The van der Waals surface area contributed by atoms with Crippen molar-refractivity contribution in [1.29, 1.82) is 0 Å². The van der Waals surface area contributed by atoms with E-state index in [0.717, 1.165) is 39.0 Å². The van der Waals surface area contributed by atoms with E-state index in [2.05, 4.69) is 10.2 Å². The van der Waals surface area contributed by atoms with Crippen molar-refractivity contribution in [1.82, 2.24) is 10.2 Å². The largest absolute Gasteiger partial charge is 0.396 e. The van der Waals surface area contributed by atoms with Crippen molar-refractivity contribution >= 4 is 5.91 Å². The molecule has 1 fully saturated rings. The van der Waals surface area contributed by atoms with Gasteiger partial charge >= 0.3 is 0 Å². The summed E-state index contributed by atoms with van der Waals surface area (Å²) in [6, 6.07) is 0. The molecule has 0 saturated carbocycles. The molecule has 0 radical (unpaired) electrons. The topological polar surface area (TPSA) is 52.6 Å². The molecule has 1 rings (SSSR count). The smallest absolute Gasteiger partial charge is 0.221 e. The number of carbonyl (C=O) groups excluding carboxylic acids is 1. The van der Waals surface area contributed by atoms with Crippen molar-refractivity contribution in [2.24, 2.45) is 5.92 Å². The first kappa shape index (κ1) is 14.5. The van der Waals surface area contributed by atoms with Gasteiger partial charge in [0, 0.05) is 26.1 Å². The van der Waals surface area contributed by atoms with Crippen LogP contribution >= 0.6 is 0 Å². The van der Waals surface area contributed by atoms with Gasteiger partial charge in [-0.1, -0.05) is 6.92 Å². The number of amides is 1. The van der Waals surface area contributed by atoms with Gasteiger partial charge in [0.05, 0.1) is 0 Å². The molecule has 1 aliphatic rings. The monoisotopic (exact) mass is 242 g/mol. The quantitative estimate of drug-likeness (QED) is 0.624. The van der Waals surface area contributed by atoms with E-state index in [9.17, 15) is 4.79 Å². The molecule has 1 heterocycles. The molecule has 0 aromatic heterocycles. The maximum absolute atomic E-state index is 11.5. The minimum atomic E-state index is 0.161. The number of nitrogens with zero attached hydrogens (tertiary/aromatic N) is 1. The van der Waals surface area contributed by atoms with E-state index in [0.29, 0.717) is 12.3 Å². The van der Waals surface area contributed by atoms with Gasteiger partial charge < -0.3 is 15.3 Å². The second-order valence-corrected chi connectivity index (χ2v) is 5.08. The standard InChI is InChI=1S/C13H26N2O2/c1-12(11-16)5-4-7-14-13(17)6-10-15-8-2-3-9-15/h12,16H,2-11H2,1H3,(H,14,17). The van der Waals surface area contributed by atoms with Crippen molar-refractivity contribution in [3.63, 3.8) is 0 Å². The molecule has 17 heavy (non-hydrogen) atoms. The van der Waals surface area contributed by atoms with Crippen LogP contribution in [-0.2, 0) is 4.79 Å². The summed E-state index contributed by atoms with van der Waals surface area (Å²) in [5.41, 5.74) is 0. The van der Waals surface area contributed by atoms with E-state index in [1.165, 1.54) is 12.8 Å². The van der Waals surface area contributed by atoms with Crippen LogP contribution in [0.5, 0.6) is 0 Å². The number of rotatable bonds is 8. The molecule has 1 saturated heterocycles. The van der Waals surface area contributed by atoms with Crippen molar-refractivity contribution in [3.8, 4) is 0 Å². The van der Waals surface area contributed by atoms with Gasteiger partial charge in [-0.2, -0.15) is 0 Å². The Morgan fingerprint density at radius 3 is 2.76 bits per heavy atom. The molecule has 100 valence electrons. The Bertz CT molecular complexity index is 215. The Morgan fingerprint density at radius 2 is 2.12 bits per heavy atom. The predicted molar refractivity (Wildman–Crippen MR) is 68.8 cm³/mol. The number of carbonyl (C=O) groups is 1. The molecular weight excluding hydrogens is 216 g/mol. The summed E-state index contributed by atoms with van der Waals surface area (Å²) in [6.45, 7) is 6.21. The summed E-state index contributed by atoms with van der Waals surface area (Å²) < 4.78 is 0. The lowest BCUT2D eigenvalue weighted by atomic mass is 10.1. The number of hydrogen-bond donors (Lipinski definition) is 2. The maximum atomic E-state index is 11.5. The van der Waals surface area contributed by atoms with Crippen LogP contribution in [0.2, 0.25) is 0 Å². The normalized spacial score (nSPS) is 18.2. The highest BCUT2D eigenvalue weighted by molar-refractivity contribution is 5.75. The van der Waals surface area contributed by atoms with Gasteiger partial charge in [0.1, 0.15) is 0 Å². The molecule has 0 spiro atoms. The van der Waals surface area contributed by atoms with Crippen LogP contribution in [0.25, 0.3) is 0 Å². The second-order valence-electron chi connectivity index (χ2n) is 5.08. The third-order valence-corrected chi connectivity index (χ3v) is 3.36. The Hall–Kier alpha value is -0.610. The van der Waals surface area contributed by atoms with E-state index in [1.807, 2.05) is 6.92 Å². The summed E-state index contributed by atoms with van der Waals surface area (Å²) in [6.07, 6.45) is 5.11. The number of hydrogen-bond acceptors (Lipinski definition) is 3. The molecule has 4 nitrogen and oxygen atoms in total. The molecule has 2 N–H and O–H groups in total. The van der Waals surface area contributed by atoms with Crippen LogP contribution in [0.1, 0.15) is 39.0 Å². The lowest BCUT2D eigenvalue weighted by Gasteiger charge is -2.14. The molecule has 1 amide bonds. The molecule has 0 bridgehead atoms. The number of nitrogens with one attached hydrogen (secondary N) is 1. The molecule has 0 aromatic rings. The van der Waals surface area contributed by atoms with E-state index in [-0.39, 0.29) is 12.5 Å². The van der Waals surface area contributed by atoms with Gasteiger partial charge in [-0.15, -0.1) is 0 Å². The van der Waals surface area contributed by atoms with E-state index >= 15 is 0 Å². The highest BCUT2D eigenvalue weighted by atomic mass is 16.3. The molecule has 0 aliphatic carbocycles. The van der Waals surface area contributed by atoms with Crippen molar-refractivity contribution in [2.75, 3.05) is 32.8 Å². The van der Waals surface area contributed by atoms with E-state index in [1.54, 1.807) is 0 Å². The third kappa shape index (κ3) is 6.64. The lowest BCUT2D eigenvalue weighted by molar-refractivity contribution is -0.121. The van der Waals surface area contributed by atoms with Crippen molar-refractivity contribution in [3.05, 3.63) is 0 Å². The number of aliphatic hydroxyl groups excluding tert-OH is 1. The van der Waals surface area contributed by atoms with E-state index in [4.69, 9.17) is 5.11 Å².